The van der Waals surface area contributed by atoms with Gasteiger partial charge >= 0.3 is 5.97 Å². The molecular weight excluding hydrogens is 454 g/mol. The van der Waals surface area contributed by atoms with Crippen molar-refractivity contribution in [2.45, 2.75) is 70.1 Å². The number of rotatable bonds is 13. The first kappa shape index (κ1) is 27.8. The smallest absolute Gasteiger partial charge is 0.326 e. The van der Waals surface area contributed by atoms with Gasteiger partial charge in [-0.05, 0) is 37.3 Å². The summed E-state index contributed by atoms with van der Waals surface area (Å²) < 4.78 is 0. The highest BCUT2D eigenvalue weighted by Crippen LogP contribution is 2.11. The molecule has 1 aliphatic heterocycles. The van der Waals surface area contributed by atoms with Crippen molar-refractivity contribution >= 4 is 29.6 Å². The van der Waals surface area contributed by atoms with E-state index in [0.717, 1.165) is 18.5 Å². The van der Waals surface area contributed by atoms with Crippen molar-refractivity contribution in [1.29, 1.82) is 0 Å². The average Bonchev–Trinajstić information content (AvgIpc) is 3.33. The van der Waals surface area contributed by atoms with Crippen molar-refractivity contribution in [2.75, 3.05) is 6.54 Å². The Morgan fingerprint density at radius 3 is 2.17 bits per heavy atom. The van der Waals surface area contributed by atoms with Gasteiger partial charge in [-0.3, -0.25) is 19.2 Å². The van der Waals surface area contributed by atoms with E-state index in [0.29, 0.717) is 12.8 Å². The summed E-state index contributed by atoms with van der Waals surface area (Å²) in [7, 11) is 0. The van der Waals surface area contributed by atoms with E-state index in [9.17, 15) is 29.1 Å². The molecule has 1 saturated heterocycles. The molecule has 192 valence electrons. The number of amides is 4. The SMILES string of the molecule is CC(C)CC(NC(=O)C1CCCN1)C(=O)NC(Cc1ccccc1)C(=O)NC(CC(N)=O)C(=O)O. The van der Waals surface area contributed by atoms with Crippen LogP contribution >= 0.6 is 0 Å². The molecule has 4 atom stereocenters. The molecule has 11 nitrogen and oxygen atoms in total. The van der Waals surface area contributed by atoms with Crippen LogP contribution in [0, 0.1) is 5.92 Å². The van der Waals surface area contributed by atoms with Crippen LogP contribution in [0.15, 0.2) is 30.3 Å². The first-order valence-corrected chi connectivity index (χ1v) is 11.8. The predicted molar refractivity (Wildman–Crippen MR) is 128 cm³/mol. The van der Waals surface area contributed by atoms with Crippen molar-refractivity contribution in [3.63, 3.8) is 0 Å². The van der Waals surface area contributed by atoms with E-state index in [4.69, 9.17) is 5.73 Å². The Kier molecular flexibility index (Phi) is 10.7. The second kappa shape index (κ2) is 13.4. The van der Waals surface area contributed by atoms with E-state index >= 15 is 0 Å². The summed E-state index contributed by atoms with van der Waals surface area (Å²) in [6.07, 6.45) is 1.39. The lowest BCUT2D eigenvalue weighted by Gasteiger charge is -2.26. The minimum atomic E-state index is -1.53. The van der Waals surface area contributed by atoms with Gasteiger partial charge < -0.3 is 32.1 Å². The van der Waals surface area contributed by atoms with Crippen LogP contribution in [0.1, 0.15) is 45.1 Å². The van der Waals surface area contributed by atoms with Gasteiger partial charge in [0.2, 0.25) is 23.6 Å². The van der Waals surface area contributed by atoms with Crippen LogP contribution in [0.25, 0.3) is 0 Å². The van der Waals surface area contributed by atoms with Crippen LogP contribution in [-0.4, -0.2) is 65.4 Å². The molecule has 0 aliphatic carbocycles. The van der Waals surface area contributed by atoms with Gasteiger partial charge in [0, 0.05) is 6.42 Å². The summed E-state index contributed by atoms with van der Waals surface area (Å²) in [5.41, 5.74) is 5.83. The zero-order valence-corrected chi connectivity index (χ0v) is 20.1. The third-order valence-electron chi connectivity index (χ3n) is 5.65. The molecule has 1 heterocycles. The number of carboxylic acids is 1. The van der Waals surface area contributed by atoms with Crippen molar-refractivity contribution in [2.24, 2.45) is 11.7 Å². The van der Waals surface area contributed by atoms with E-state index in [1.54, 1.807) is 30.3 Å². The van der Waals surface area contributed by atoms with Gasteiger partial charge in [0.05, 0.1) is 12.5 Å². The molecule has 4 unspecified atom stereocenters. The molecule has 11 heteroatoms. The molecule has 1 aliphatic rings. The van der Waals surface area contributed by atoms with E-state index in [1.165, 1.54) is 0 Å². The fraction of sp³-hybridized carbons (Fsp3) is 0.542. The molecular formula is C24H35N5O6. The first-order chi connectivity index (χ1) is 16.6. The Bertz CT molecular complexity index is 901. The number of carbonyl (C=O) groups excluding carboxylic acids is 4. The molecule has 0 spiro atoms. The summed E-state index contributed by atoms with van der Waals surface area (Å²) in [5.74, 6) is -3.83. The lowest BCUT2D eigenvalue weighted by atomic mass is 10.0. The van der Waals surface area contributed by atoms with E-state index in [-0.39, 0.29) is 24.3 Å². The molecule has 0 saturated carbocycles. The Morgan fingerprint density at radius 2 is 1.63 bits per heavy atom. The number of hydrogen-bond donors (Lipinski definition) is 6. The number of carbonyl (C=O) groups is 5. The second-order valence-electron chi connectivity index (χ2n) is 9.16. The monoisotopic (exact) mass is 489 g/mol. The highest BCUT2D eigenvalue weighted by Gasteiger charge is 2.32. The number of benzene rings is 1. The number of aliphatic carboxylic acids is 1. The molecule has 1 fully saturated rings. The van der Waals surface area contributed by atoms with Crippen LogP contribution < -0.4 is 27.0 Å². The van der Waals surface area contributed by atoms with E-state index in [2.05, 4.69) is 21.3 Å². The summed E-state index contributed by atoms with van der Waals surface area (Å²) in [6, 6.07) is 4.96. The van der Waals surface area contributed by atoms with Crippen LogP contribution in [0.4, 0.5) is 0 Å². The lowest BCUT2D eigenvalue weighted by Crippen LogP contribution is -2.58. The summed E-state index contributed by atoms with van der Waals surface area (Å²) >= 11 is 0. The van der Waals surface area contributed by atoms with Crippen molar-refractivity contribution < 1.29 is 29.1 Å². The first-order valence-electron chi connectivity index (χ1n) is 11.8. The molecule has 0 radical (unpaired) electrons. The molecule has 0 bridgehead atoms. The minimum absolute atomic E-state index is 0.0772. The Hall–Kier alpha value is -3.47. The van der Waals surface area contributed by atoms with Gasteiger partial charge in [-0.1, -0.05) is 44.2 Å². The Balaban J connectivity index is 2.20. The second-order valence-corrected chi connectivity index (χ2v) is 9.16. The maximum Gasteiger partial charge on any atom is 0.326 e. The molecule has 35 heavy (non-hydrogen) atoms. The quantitative estimate of drug-likeness (QED) is 0.215. The number of nitrogens with two attached hydrogens (primary N) is 1. The molecule has 0 aromatic heterocycles. The molecule has 2 rings (SSSR count). The summed E-state index contributed by atoms with van der Waals surface area (Å²) in [6.45, 7) is 4.56. The fourth-order valence-electron chi connectivity index (χ4n) is 3.89. The minimum Gasteiger partial charge on any atom is -0.480 e. The maximum atomic E-state index is 13.2. The Morgan fingerprint density at radius 1 is 1.00 bits per heavy atom. The fourth-order valence-corrected chi connectivity index (χ4v) is 3.89. The largest absolute Gasteiger partial charge is 0.480 e. The Labute approximate surface area is 204 Å². The third-order valence-corrected chi connectivity index (χ3v) is 5.65. The summed E-state index contributed by atoms with van der Waals surface area (Å²) in [4.78, 5) is 61.6. The zero-order chi connectivity index (χ0) is 26.0. The van der Waals surface area contributed by atoms with Gasteiger partial charge in [-0.2, -0.15) is 0 Å². The number of primary amides is 1. The highest BCUT2D eigenvalue weighted by molar-refractivity contribution is 5.95. The van der Waals surface area contributed by atoms with Gasteiger partial charge in [0.1, 0.15) is 18.1 Å². The predicted octanol–water partition coefficient (Wildman–Crippen LogP) is -0.558. The molecule has 1 aromatic carbocycles. The zero-order valence-electron chi connectivity index (χ0n) is 20.1. The van der Waals surface area contributed by atoms with Crippen LogP contribution in [0.5, 0.6) is 0 Å². The number of hydrogen-bond acceptors (Lipinski definition) is 6. The van der Waals surface area contributed by atoms with Gasteiger partial charge in [-0.15, -0.1) is 0 Å². The van der Waals surface area contributed by atoms with Crippen molar-refractivity contribution in [3.05, 3.63) is 35.9 Å². The summed E-state index contributed by atoms with van der Waals surface area (Å²) in [5, 5.41) is 20.2. The van der Waals surface area contributed by atoms with Gasteiger partial charge in [-0.25, -0.2) is 4.79 Å². The van der Waals surface area contributed by atoms with Crippen molar-refractivity contribution in [3.8, 4) is 0 Å². The highest BCUT2D eigenvalue weighted by atomic mass is 16.4. The molecule has 7 N–H and O–H groups in total. The molecule has 4 amide bonds. The topological polar surface area (TPSA) is 180 Å². The number of nitrogens with one attached hydrogen (secondary N) is 4. The lowest BCUT2D eigenvalue weighted by molar-refractivity contribution is -0.143. The third kappa shape index (κ3) is 9.36. The van der Waals surface area contributed by atoms with Crippen molar-refractivity contribution in [1.82, 2.24) is 21.3 Å². The molecule has 1 aromatic rings. The standard InChI is InChI=1S/C24H35N5O6/c1-14(2)11-17(27-21(31)16-9-6-10-26-16)22(32)28-18(12-15-7-4-3-5-8-15)23(33)29-19(24(34)35)13-20(25)30/h3-5,7-8,14,16-19,26H,6,9-13H2,1-2H3,(H2,25,30)(H,27,31)(H,28,32)(H,29,33)(H,34,35). The van der Waals surface area contributed by atoms with Gasteiger partial charge in [0.25, 0.3) is 0 Å². The normalized spacial score (nSPS) is 17.7. The maximum absolute atomic E-state index is 13.2. The van der Waals surface area contributed by atoms with E-state index < -0.39 is 48.2 Å². The van der Waals surface area contributed by atoms with Crippen LogP contribution in [0.3, 0.4) is 0 Å². The average molecular weight is 490 g/mol. The van der Waals surface area contributed by atoms with Gasteiger partial charge in [0.15, 0.2) is 0 Å². The van der Waals surface area contributed by atoms with Crippen LogP contribution in [0.2, 0.25) is 0 Å². The number of carboxylic acid groups (broad SMARTS) is 1. The van der Waals surface area contributed by atoms with E-state index in [1.807, 2.05) is 13.8 Å². The van der Waals surface area contributed by atoms with Crippen LogP contribution in [-0.2, 0) is 30.4 Å².